The standard InChI is InChI=1S/C19H18N2O4S/c22-13-17-16-12-15(26(23,24)21-8-10-25-11-9-21)6-7-18(16)20-19(17)14-4-2-1-3-5-14/h1-7,12-13,20H,8-11H2. The molecule has 1 saturated heterocycles. The van der Waals surface area contributed by atoms with E-state index in [2.05, 4.69) is 4.98 Å². The average molecular weight is 370 g/mol. The summed E-state index contributed by atoms with van der Waals surface area (Å²) in [6.45, 7) is 1.46. The van der Waals surface area contributed by atoms with Crippen molar-refractivity contribution in [1.29, 1.82) is 0 Å². The van der Waals surface area contributed by atoms with Gasteiger partial charge in [-0.1, -0.05) is 30.3 Å². The number of hydrogen-bond acceptors (Lipinski definition) is 4. The van der Waals surface area contributed by atoms with Gasteiger partial charge in [-0.15, -0.1) is 0 Å². The lowest BCUT2D eigenvalue weighted by molar-refractivity contribution is 0.0730. The van der Waals surface area contributed by atoms with Gasteiger partial charge in [0.1, 0.15) is 0 Å². The van der Waals surface area contributed by atoms with E-state index in [1.807, 2.05) is 30.3 Å². The average Bonchev–Trinajstić information content (AvgIpc) is 3.07. The number of nitrogens with zero attached hydrogens (tertiary/aromatic N) is 1. The first kappa shape index (κ1) is 17.0. The first-order valence-corrected chi connectivity index (χ1v) is 9.79. The number of benzene rings is 2. The molecule has 2 aromatic carbocycles. The number of nitrogens with one attached hydrogen (secondary N) is 1. The minimum atomic E-state index is -3.61. The predicted molar refractivity (Wildman–Crippen MR) is 98.7 cm³/mol. The molecule has 6 nitrogen and oxygen atoms in total. The molecule has 7 heteroatoms. The van der Waals surface area contributed by atoms with Crippen LogP contribution in [0.3, 0.4) is 0 Å². The largest absolute Gasteiger partial charge is 0.379 e. The highest BCUT2D eigenvalue weighted by atomic mass is 32.2. The molecular formula is C19H18N2O4S. The third-order valence-corrected chi connectivity index (χ3v) is 6.49. The molecule has 0 bridgehead atoms. The summed E-state index contributed by atoms with van der Waals surface area (Å²) in [6.07, 6.45) is 0.770. The van der Waals surface area contributed by atoms with Crippen LogP contribution in [0.15, 0.2) is 53.4 Å². The molecule has 26 heavy (non-hydrogen) atoms. The van der Waals surface area contributed by atoms with Crippen LogP contribution in [0.1, 0.15) is 10.4 Å². The summed E-state index contributed by atoms with van der Waals surface area (Å²) < 4.78 is 32.4. The lowest BCUT2D eigenvalue weighted by atomic mass is 10.1. The van der Waals surface area contributed by atoms with Gasteiger partial charge < -0.3 is 9.72 Å². The number of H-pyrrole nitrogens is 1. The SMILES string of the molecule is O=Cc1c(-c2ccccc2)[nH]c2ccc(S(=O)(=O)N3CCOCC3)cc12. The number of hydrogen-bond donors (Lipinski definition) is 1. The van der Waals surface area contributed by atoms with Crippen molar-refractivity contribution in [3.05, 3.63) is 54.1 Å². The minimum Gasteiger partial charge on any atom is -0.379 e. The normalized spacial score (nSPS) is 16.0. The fourth-order valence-electron chi connectivity index (χ4n) is 3.24. The fraction of sp³-hybridized carbons (Fsp3) is 0.211. The molecule has 0 radical (unpaired) electrons. The van der Waals surface area contributed by atoms with Crippen LogP contribution in [0.25, 0.3) is 22.2 Å². The molecule has 3 aromatic rings. The van der Waals surface area contributed by atoms with E-state index in [-0.39, 0.29) is 4.90 Å². The minimum absolute atomic E-state index is 0.189. The highest BCUT2D eigenvalue weighted by Crippen LogP contribution is 2.31. The number of morpholine rings is 1. The first-order valence-electron chi connectivity index (χ1n) is 8.35. The summed E-state index contributed by atoms with van der Waals surface area (Å²) in [5, 5.41) is 0.605. The van der Waals surface area contributed by atoms with Crippen LogP contribution in [0.4, 0.5) is 0 Å². The molecular weight excluding hydrogens is 352 g/mol. The van der Waals surface area contributed by atoms with Crippen LogP contribution in [0.5, 0.6) is 0 Å². The Morgan fingerprint density at radius 2 is 1.77 bits per heavy atom. The lowest BCUT2D eigenvalue weighted by Crippen LogP contribution is -2.40. The van der Waals surface area contributed by atoms with Gasteiger partial charge in [0.05, 0.1) is 23.8 Å². The van der Waals surface area contributed by atoms with Crippen molar-refractivity contribution < 1.29 is 17.9 Å². The van der Waals surface area contributed by atoms with E-state index >= 15 is 0 Å². The zero-order valence-corrected chi connectivity index (χ0v) is 14.8. The lowest BCUT2D eigenvalue weighted by Gasteiger charge is -2.26. The molecule has 1 fully saturated rings. The van der Waals surface area contributed by atoms with Gasteiger partial charge >= 0.3 is 0 Å². The van der Waals surface area contributed by atoms with Crippen molar-refractivity contribution in [2.75, 3.05) is 26.3 Å². The Bertz CT molecular complexity index is 1050. The zero-order valence-electron chi connectivity index (χ0n) is 14.0. The van der Waals surface area contributed by atoms with Crippen LogP contribution in [-0.2, 0) is 14.8 Å². The maximum Gasteiger partial charge on any atom is 0.243 e. The molecule has 0 aliphatic carbocycles. The highest BCUT2D eigenvalue weighted by Gasteiger charge is 2.27. The van der Waals surface area contributed by atoms with Gasteiger partial charge in [-0.05, 0) is 23.8 Å². The van der Waals surface area contributed by atoms with Gasteiger partial charge in [0.2, 0.25) is 10.0 Å². The van der Waals surface area contributed by atoms with Crippen LogP contribution >= 0.6 is 0 Å². The van der Waals surface area contributed by atoms with Crippen molar-refractivity contribution in [3.8, 4) is 11.3 Å². The van der Waals surface area contributed by atoms with Gasteiger partial charge in [0.15, 0.2) is 6.29 Å². The molecule has 2 heterocycles. The third kappa shape index (κ3) is 2.84. The van der Waals surface area contributed by atoms with E-state index in [0.717, 1.165) is 17.4 Å². The Morgan fingerprint density at radius 1 is 1.04 bits per heavy atom. The molecule has 0 unspecified atom stereocenters. The van der Waals surface area contributed by atoms with Crippen molar-refractivity contribution in [1.82, 2.24) is 9.29 Å². The summed E-state index contributed by atoms with van der Waals surface area (Å²) in [5.41, 5.74) is 2.76. The van der Waals surface area contributed by atoms with Crippen LogP contribution in [0.2, 0.25) is 0 Å². The Balaban J connectivity index is 1.84. The highest BCUT2D eigenvalue weighted by molar-refractivity contribution is 7.89. The summed E-state index contributed by atoms with van der Waals surface area (Å²) >= 11 is 0. The van der Waals surface area contributed by atoms with E-state index in [9.17, 15) is 13.2 Å². The molecule has 1 aliphatic heterocycles. The predicted octanol–water partition coefficient (Wildman–Crippen LogP) is 2.67. The number of ether oxygens (including phenoxy) is 1. The number of rotatable bonds is 4. The summed E-state index contributed by atoms with van der Waals surface area (Å²) in [6, 6.07) is 14.4. The van der Waals surface area contributed by atoms with E-state index in [1.165, 1.54) is 4.31 Å². The van der Waals surface area contributed by atoms with Gasteiger partial charge in [-0.2, -0.15) is 4.31 Å². The number of aldehydes is 1. The van der Waals surface area contributed by atoms with Crippen molar-refractivity contribution in [2.24, 2.45) is 0 Å². The number of carbonyl (C=O) groups is 1. The summed E-state index contributed by atoms with van der Waals surface area (Å²) in [5.74, 6) is 0. The first-order chi connectivity index (χ1) is 12.6. The van der Waals surface area contributed by atoms with Gasteiger partial charge in [-0.25, -0.2) is 8.42 Å². The van der Waals surface area contributed by atoms with Crippen molar-refractivity contribution in [3.63, 3.8) is 0 Å². The Kier molecular flexibility index (Phi) is 4.36. The van der Waals surface area contributed by atoms with E-state index in [0.29, 0.717) is 42.9 Å². The van der Waals surface area contributed by atoms with Gasteiger partial charge in [0.25, 0.3) is 0 Å². The molecule has 1 N–H and O–H groups in total. The number of sulfonamides is 1. The quantitative estimate of drug-likeness (QED) is 0.716. The van der Waals surface area contributed by atoms with Crippen LogP contribution in [0, 0.1) is 0 Å². The fourth-order valence-corrected chi connectivity index (χ4v) is 4.68. The van der Waals surface area contributed by atoms with E-state index < -0.39 is 10.0 Å². The molecule has 0 spiro atoms. The zero-order chi connectivity index (χ0) is 18.1. The number of carbonyl (C=O) groups excluding carboxylic acids is 1. The number of aromatic nitrogens is 1. The molecule has 0 amide bonds. The van der Waals surface area contributed by atoms with E-state index in [1.54, 1.807) is 18.2 Å². The number of fused-ring (bicyclic) bond motifs is 1. The second-order valence-electron chi connectivity index (χ2n) is 6.12. The Hall–Kier alpha value is -2.48. The molecule has 0 saturated carbocycles. The smallest absolute Gasteiger partial charge is 0.243 e. The van der Waals surface area contributed by atoms with Gasteiger partial charge in [-0.3, -0.25) is 4.79 Å². The van der Waals surface area contributed by atoms with E-state index in [4.69, 9.17) is 4.74 Å². The van der Waals surface area contributed by atoms with Crippen molar-refractivity contribution >= 4 is 27.2 Å². The third-order valence-electron chi connectivity index (χ3n) is 4.60. The molecule has 1 aromatic heterocycles. The summed E-state index contributed by atoms with van der Waals surface area (Å²) in [7, 11) is -3.61. The number of aromatic amines is 1. The second kappa shape index (κ2) is 6.68. The molecule has 134 valence electrons. The monoisotopic (exact) mass is 370 g/mol. The second-order valence-corrected chi connectivity index (χ2v) is 8.06. The molecule has 0 atom stereocenters. The summed E-state index contributed by atoms with van der Waals surface area (Å²) in [4.78, 5) is 15.2. The van der Waals surface area contributed by atoms with Crippen molar-refractivity contribution in [2.45, 2.75) is 4.90 Å². The Labute approximate surface area is 151 Å². The Morgan fingerprint density at radius 3 is 2.46 bits per heavy atom. The maximum absolute atomic E-state index is 12.9. The molecule has 1 aliphatic rings. The van der Waals surface area contributed by atoms with Crippen LogP contribution < -0.4 is 0 Å². The topological polar surface area (TPSA) is 79.5 Å². The van der Waals surface area contributed by atoms with Crippen LogP contribution in [-0.4, -0.2) is 50.3 Å². The molecule has 4 rings (SSSR count). The maximum atomic E-state index is 12.9. The van der Waals surface area contributed by atoms with Gasteiger partial charge in [0, 0.05) is 29.6 Å².